The van der Waals surface area contributed by atoms with Crippen LogP contribution < -0.4 is 10.6 Å². The fraction of sp³-hybridized carbons (Fsp3) is 0.238. The lowest BCUT2D eigenvalue weighted by atomic mass is 9.83. The van der Waals surface area contributed by atoms with Crippen molar-refractivity contribution in [1.82, 2.24) is 5.32 Å². The Morgan fingerprint density at radius 2 is 1.73 bits per heavy atom. The van der Waals surface area contributed by atoms with E-state index in [1.165, 1.54) is 18.4 Å². The first-order valence-electron chi connectivity index (χ1n) is 8.97. The summed E-state index contributed by atoms with van der Waals surface area (Å²) in [6.45, 7) is 3.65. The number of furan rings is 1. The van der Waals surface area contributed by atoms with Crippen molar-refractivity contribution in [2.24, 2.45) is 0 Å². The normalized spacial score (nSPS) is 11.9. The number of hydrogen-bond donors (Lipinski definition) is 2. The first kappa shape index (κ1) is 21.6. The number of carbonyl (C=O) groups is 2. The molecule has 1 aromatic carbocycles. The van der Waals surface area contributed by atoms with Crippen LogP contribution in [0.5, 0.6) is 0 Å². The van der Waals surface area contributed by atoms with Gasteiger partial charge in [0.1, 0.15) is 0 Å². The zero-order chi connectivity index (χ0) is 21.9. The summed E-state index contributed by atoms with van der Waals surface area (Å²) in [7, 11) is 0. The maximum Gasteiger partial charge on any atom is 0.416 e. The van der Waals surface area contributed by atoms with E-state index in [9.17, 15) is 22.8 Å². The van der Waals surface area contributed by atoms with Gasteiger partial charge >= 0.3 is 6.18 Å². The zero-order valence-electron chi connectivity index (χ0n) is 16.2. The summed E-state index contributed by atoms with van der Waals surface area (Å²) in [6, 6.07) is 11.3. The zero-order valence-corrected chi connectivity index (χ0v) is 17.0. The monoisotopic (exact) mass is 436 g/mol. The molecule has 2 heterocycles. The van der Waals surface area contributed by atoms with Crippen LogP contribution in [0.2, 0.25) is 0 Å². The Kier molecular flexibility index (Phi) is 6.02. The molecule has 158 valence electrons. The topological polar surface area (TPSA) is 71.3 Å². The minimum absolute atomic E-state index is 0.138. The van der Waals surface area contributed by atoms with Crippen molar-refractivity contribution in [3.05, 3.63) is 76.6 Å². The number of alkyl halides is 3. The minimum atomic E-state index is -4.43. The molecule has 2 aromatic heterocycles. The van der Waals surface area contributed by atoms with E-state index < -0.39 is 23.1 Å². The molecule has 3 aromatic rings. The van der Waals surface area contributed by atoms with Crippen LogP contribution in [0.25, 0.3) is 0 Å². The van der Waals surface area contributed by atoms with Gasteiger partial charge < -0.3 is 15.1 Å². The molecule has 0 radical (unpaired) electrons. The number of halogens is 3. The third kappa shape index (κ3) is 5.10. The lowest BCUT2D eigenvalue weighted by Crippen LogP contribution is -2.36. The van der Waals surface area contributed by atoms with Crippen molar-refractivity contribution in [2.75, 3.05) is 11.9 Å². The Morgan fingerprint density at radius 3 is 2.40 bits per heavy atom. The highest BCUT2D eigenvalue weighted by Crippen LogP contribution is 2.32. The van der Waals surface area contributed by atoms with Crippen LogP contribution >= 0.6 is 11.3 Å². The van der Waals surface area contributed by atoms with Crippen molar-refractivity contribution in [1.29, 1.82) is 0 Å². The van der Waals surface area contributed by atoms with E-state index in [0.29, 0.717) is 15.4 Å². The maximum atomic E-state index is 13.0. The molecule has 0 aliphatic heterocycles. The van der Waals surface area contributed by atoms with Gasteiger partial charge in [0.2, 0.25) is 0 Å². The minimum Gasteiger partial charge on any atom is -0.459 e. The Bertz CT molecular complexity index is 1040. The summed E-state index contributed by atoms with van der Waals surface area (Å²) in [6.07, 6.45) is -3.04. The predicted molar refractivity (Wildman–Crippen MR) is 108 cm³/mol. The number of hydrogen-bond acceptors (Lipinski definition) is 4. The average Bonchev–Trinajstić information content (AvgIpc) is 3.38. The second-order valence-electron chi connectivity index (χ2n) is 7.24. The predicted octanol–water partition coefficient (Wildman–Crippen LogP) is 5.32. The summed E-state index contributed by atoms with van der Waals surface area (Å²) in [5.74, 6) is -0.657. The molecule has 0 saturated carbocycles. The molecule has 30 heavy (non-hydrogen) atoms. The first-order chi connectivity index (χ1) is 14.1. The van der Waals surface area contributed by atoms with E-state index in [1.807, 2.05) is 0 Å². The van der Waals surface area contributed by atoms with Crippen LogP contribution in [0.15, 0.2) is 59.2 Å². The third-order valence-corrected chi connectivity index (χ3v) is 5.47. The van der Waals surface area contributed by atoms with E-state index in [2.05, 4.69) is 10.6 Å². The highest BCUT2D eigenvalue weighted by Gasteiger charge is 2.32. The largest absolute Gasteiger partial charge is 0.459 e. The van der Waals surface area contributed by atoms with Gasteiger partial charge in [-0.3, -0.25) is 9.59 Å². The highest BCUT2D eigenvalue weighted by atomic mass is 32.1. The van der Waals surface area contributed by atoms with Gasteiger partial charge in [-0.15, -0.1) is 11.3 Å². The number of rotatable bonds is 6. The van der Waals surface area contributed by atoms with E-state index >= 15 is 0 Å². The fourth-order valence-electron chi connectivity index (χ4n) is 2.72. The fourth-order valence-corrected chi connectivity index (χ4v) is 3.53. The molecule has 0 spiro atoms. The summed E-state index contributed by atoms with van der Waals surface area (Å²) >= 11 is 1.08. The summed E-state index contributed by atoms with van der Waals surface area (Å²) in [4.78, 5) is 24.8. The Morgan fingerprint density at radius 1 is 1.00 bits per heavy atom. The molecule has 0 aliphatic rings. The van der Waals surface area contributed by atoms with Crippen LogP contribution in [-0.2, 0) is 11.6 Å². The standard InChI is InChI=1S/C21H19F3N2O3S/c1-20(2,13-5-3-6-14(11-13)21(22,23)24)12-25-19(28)16-8-9-17(30-16)26-18(27)15-7-4-10-29-15/h3-11H,12H2,1-2H3,(H,25,28)(H,26,27). The van der Waals surface area contributed by atoms with E-state index in [0.717, 1.165) is 23.5 Å². The molecule has 0 bridgehead atoms. The van der Waals surface area contributed by atoms with Gasteiger partial charge in [-0.25, -0.2) is 0 Å². The van der Waals surface area contributed by atoms with Crippen LogP contribution in [0.4, 0.5) is 18.2 Å². The Balaban J connectivity index is 1.62. The molecule has 0 aliphatic carbocycles. The van der Waals surface area contributed by atoms with Crippen molar-refractivity contribution in [3.8, 4) is 0 Å². The molecular formula is C21H19F3N2O3S. The second-order valence-corrected chi connectivity index (χ2v) is 8.32. The lowest BCUT2D eigenvalue weighted by molar-refractivity contribution is -0.137. The van der Waals surface area contributed by atoms with Crippen LogP contribution in [0.1, 0.15) is 45.2 Å². The molecule has 2 amide bonds. The number of anilines is 1. The van der Waals surface area contributed by atoms with Gasteiger partial charge in [0.05, 0.1) is 21.7 Å². The lowest BCUT2D eigenvalue weighted by Gasteiger charge is -2.26. The van der Waals surface area contributed by atoms with Gasteiger partial charge in [-0.2, -0.15) is 13.2 Å². The van der Waals surface area contributed by atoms with Crippen LogP contribution in [0.3, 0.4) is 0 Å². The van der Waals surface area contributed by atoms with Gasteiger partial charge in [-0.1, -0.05) is 32.0 Å². The third-order valence-electron chi connectivity index (χ3n) is 4.47. The van der Waals surface area contributed by atoms with Gasteiger partial charge in [-0.05, 0) is 35.9 Å². The van der Waals surface area contributed by atoms with Crippen molar-refractivity contribution in [2.45, 2.75) is 25.4 Å². The molecule has 0 unspecified atom stereocenters. The van der Waals surface area contributed by atoms with Crippen molar-refractivity contribution >= 4 is 28.2 Å². The molecule has 3 rings (SSSR count). The molecular weight excluding hydrogens is 417 g/mol. The Labute approximate surface area is 174 Å². The number of nitrogens with one attached hydrogen (secondary N) is 2. The molecule has 5 nitrogen and oxygen atoms in total. The SMILES string of the molecule is CC(C)(CNC(=O)c1ccc(NC(=O)c2ccco2)s1)c1cccc(C(F)(F)F)c1. The molecule has 0 fully saturated rings. The molecule has 0 saturated heterocycles. The van der Waals surface area contributed by atoms with Gasteiger partial charge in [0.25, 0.3) is 11.8 Å². The molecule has 9 heteroatoms. The van der Waals surface area contributed by atoms with Crippen molar-refractivity contribution < 1.29 is 27.2 Å². The highest BCUT2D eigenvalue weighted by molar-refractivity contribution is 7.18. The molecule has 2 N–H and O–H groups in total. The van der Waals surface area contributed by atoms with Gasteiger partial charge in [0, 0.05) is 12.0 Å². The quantitative estimate of drug-likeness (QED) is 0.549. The summed E-state index contributed by atoms with van der Waals surface area (Å²) < 4.78 is 43.9. The Hall–Kier alpha value is -3.07. The van der Waals surface area contributed by atoms with E-state index in [4.69, 9.17) is 4.42 Å². The van der Waals surface area contributed by atoms with Gasteiger partial charge in [0.15, 0.2) is 5.76 Å². The number of carbonyl (C=O) groups excluding carboxylic acids is 2. The summed E-state index contributed by atoms with van der Waals surface area (Å²) in [5.41, 5.74) is -0.977. The second kappa shape index (κ2) is 8.35. The van der Waals surface area contributed by atoms with Crippen molar-refractivity contribution in [3.63, 3.8) is 0 Å². The number of amides is 2. The van der Waals surface area contributed by atoms with Crippen LogP contribution in [-0.4, -0.2) is 18.4 Å². The summed E-state index contributed by atoms with van der Waals surface area (Å²) in [5, 5.41) is 5.86. The smallest absolute Gasteiger partial charge is 0.416 e. The van der Waals surface area contributed by atoms with Crippen LogP contribution in [0, 0.1) is 0 Å². The molecule has 0 atom stereocenters. The first-order valence-corrected chi connectivity index (χ1v) is 9.78. The van der Waals surface area contributed by atoms with E-state index in [1.54, 1.807) is 38.1 Å². The maximum absolute atomic E-state index is 13.0. The van der Waals surface area contributed by atoms with E-state index in [-0.39, 0.29) is 18.2 Å². The number of benzene rings is 1. The number of thiophene rings is 1. The average molecular weight is 436 g/mol.